The van der Waals surface area contributed by atoms with Gasteiger partial charge in [-0.3, -0.25) is 0 Å². The number of halogens is 2. The normalized spacial score (nSPS) is 25.1. The van der Waals surface area contributed by atoms with E-state index in [-0.39, 0.29) is 0 Å². The summed E-state index contributed by atoms with van der Waals surface area (Å²) >= 11 is 9.83. The number of benzene rings is 1. The van der Waals surface area contributed by atoms with Crippen LogP contribution in [0.5, 0.6) is 0 Å². The van der Waals surface area contributed by atoms with E-state index in [9.17, 15) is 0 Å². The third-order valence-corrected chi connectivity index (χ3v) is 5.12. The maximum absolute atomic E-state index is 6.37. The van der Waals surface area contributed by atoms with Crippen molar-refractivity contribution in [3.05, 3.63) is 33.3 Å². The van der Waals surface area contributed by atoms with Crippen molar-refractivity contribution in [3.63, 3.8) is 0 Å². The largest absolute Gasteiger partial charge is 0.313 e. The van der Waals surface area contributed by atoms with Crippen LogP contribution in [0.3, 0.4) is 0 Å². The predicted molar refractivity (Wildman–Crippen MR) is 90.4 cm³/mol. The molecule has 1 heterocycles. The first-order chi connectivity index (χ1) is 9.51. The molecule has 3 atom stereocenters. The highest BCUT2D eigenvalue weighted by Gasteiger charge is 2.26. The molecule has 1 aliphatic heterocycles. The third-order valence-electron chi connectivity index (χ3n) is 4.30. The van der Waals surface area contributed by atoms with Crippen LogP contribution in [0.15, 0.2) is 22.7 Å². The van der Waals surface area contributed by atoms with Crippen LogP contribution >= 0.6 is 27.5 Å². The van der Waals surface area contributed by atoms with Gasteiger partial charge in [0.05, 0.1) is 0 Å². The molecule has 0 aliphatic carbocycles. The van der Waals surface area contributed by atoms with Crippen molar-refractivity contribution in [3.8, 4) is 0 Å². The fourth-order valence-electron chi connectivity index (χ4n) is 3.23. The van der Waals surface area contributed by atoms with E-state index in [1.807, 2.05) is 13.1 Å². The van der Waals surface area contributed by atoms with Gasteiger partial charge in [0.25, 0.3) is 0 Å². The molecule has 1 saturated heterocycles. The van der Waals surface area contributed by atoms with Gasteiger partial charge in [0.2, 0.25) is 0 Å². The highest BCUT2D eigenvalue weighted by molar-refractivity contribution is 9.10. The molecule has 0 aromatic heterocycles. The number of nitrogens with zero attached hydrogens (tertiary/aromatic N) is 1. The highest BCUT2D eigenvalue weighted by Crippen LogP contribution is 2.29. The summed E-state index contributed by atoms with van der Waals surface area (Å²) in [5.41, 5.74) is 1.19. The molecule has 20 heavy (non-hydrogen) atoms. The van der Waals surface area contributed by atoms with Gasteiger partial charge in [0.1, 0.15) is 0 Å². The van der Waals surface area contributed by atoms with Crippen LogP contribution in [0.1, 0.15) is 38.3 Å². The lowest BCUT2D eigenvalue weighted by Gasteiger charge is -2.25. The van der Waals surface area contributed by atoms with Crippen LogP contribution in [0, 0.1) is 5.92 Å². The van der Waals surface area contributed by atoms with Crippen LogP contribution in [0.25, 0.3) is 0 Å². The molecule has 0 saturated carbocycles. The average molecular weight is 360 g/mol. The van der Waals surface area contributed by atoms with Crippen LogP contribution < -0.4 is 5.32 Å². The van der Waals surface area contributed by atoms with Gasteiger partial charge < -0.3 is 10.2 Å². The number of hydrogen-bond donors (Lipinski definition) is 1. The zero-order valence-corrected chi connectivity index (χ0v) is 14.8. The lowest BCUT2D eigenvalue weighted by Crippen LogP contribution is -2.31. The van der Waals surface area contributed by atoms with E-state index in [1.54, 1.807) is 0 Å². The monoisotopic (exact) mass is 358 g/mol. The summed E-state index contributed by atoms with van der Waals surface area (Å²) in [6.07, 6.45) is 2.41. The van der Waals surface area contributed by atoms with Gasteiger partial charge in [0, 0.05) is 34.7 Å². The Bertz CT molecular complexity index is 452. The van der Waals surface area contributed by atoms with Crippen LogP contribution in [-0.2, 0) is 0 Å². The summed E-state index contributed by atoms with van der Waals surface area (Å²) in [6.45, 7) is 7.04. The highest BCUT2D eigenvalue weighted by atomic mass is 79.9. The minimum absolute atomic E-state index is 0.318. The van der Waals surface area contributed by atoms with E-state index in [0.717, 1.165) is 28.4 Å². The van der Waals surface area contributed by atoms with E-state index < -0.39 is 0 Å². The Morgan fingerprint density at radius 3 is 2.75 bits per heavy atom. The van der Waals surface area contributed by atoms with Crippen molar-refractivity contribution in [2.45, 2.75) is 38.8 Å². The Hall–Kier alpha value is -0.0900. The molecule has 2 rings (SSSR count). The summed E-state index contributed by atoms with van der Waals surface area (Å²) in [6, 6.07) is 7.18. The van der Waals surface area contributed by atoms with Crippen LogP contribution in [0.4, 0.5) is 0 Å². The molecule has 0 bridgehead atoms. The van der Waals surface area contributed by atoms with Crippen LogP contribution in [-0.4, -0.2) is 31.1 Å². The zero-order chi connectivity index (χ0) is 14.7. The molecule has 1 fully saturated rings. The van der Waals surface area contributed by atoms with Gasteiger partial charge in [-0.1, -0.05) is 40.5 Å². The van der Waals surface area contributed by atoms with E-state index in [2.05, 4.69) is 52.1 Å². The maximum atomic E-state index is 6.37. The number of hydrogen-bond acceptors (Lipinski definition) is 2. The SMILES string of the molecule is CNC(CCN1CC(C)CC1C)c1ccc(Br)cc1Cl. The molecule has 1 aliphatic rings. The van der Waals surface area contributed by atoms with Gasteiger partial charge in [-0.15, -0.1) is 0 Å². The van der Waals surface area contributed by atoms with Gasteiger partial charge >= 0.3 is 0 Å². The maximum Gasteiger partial charge on any atom is 0.0465 e. The molecular formula is C16H24BrClN2. The molecule has 0 amide bonds. The summed E-state index contributed by atoms with van der Waals surface area (Å²) in [5.74, 6) is 0.828. The molecule has 0 radical (unpaired) electrons. The van der Waals surface area contributed by atoms with E-state index in [4.69, 9.17) is 11.6 Å². The van der Waals surface area contributed by atoms with E-state index in [1.165, 1.54) is 18.5 Å². The lowest BCUT2D eigenvalue weighted by atomic mass is 10.0. The number of nitrogens with one attached hydrogen (secondary N) is 1. The second-order valence-electron chi connectivity index (χ2n) is 5.98. The Balaban J connectivity index is 1.99. The molecule has 3 unspecified atom stereocenters. The standard InChI is InChI=1S/C16H24BrClN2/c1-11-8-12(2)20(10-11)7-6-16(19-3)14-5-4-13(17)9-15(14)18/h4-5,9,11-12,16,19H,6-8,10H2,1-3H3. The molecular weight excluding hydrogens is 336 g/mol. The molecule has 0 spiro atoms. The van der Waals surface area contributed by atoms with E-state index in [0.29, 0.717) is 12.1 Å². The first kappa shape index (κ1) is 16.3. The summed E-state index contributed by atoms with van der Waals surface area (Å²) < 4.78 is 1.03. The number of rotatable bonds is 5. The molecule has 2 nitrogen and oxygen atoms in total. The van der Waals surface area contributed by atoms with Crippen molar-refractivity contribution < 1.29 is 0 Å². The molecule has 112 valence electrons. The van der Waals surface area contributed by atoms with Gasteiger partial charge in [-0.05, 0) is 50.4 Å². The molecule has 1 N–H and O–H groups in total. The fourth-order valence-corrected chi connectivity index (χ4v) is 4.04. The molecule has 1 aromatic carbocycles. The van der Waals surface area contributed by atoms with Crippen molar-refractivity contribution in [1.82, 2.24) is 10.2 Å². The second kappa shape index (κ2) is 7.26. The Labute approximate surface area is 136 Å². The smallest absolute Gasteiger partial charge is 0.0465 e. The van der Waals surface area contributed by atoms with E-state index >= 15 is 0 Å². The summed E-state index contributed by atoms with van der Waals surface area (Å²) in [5, 5.41) is 4.24. The summed E-state index contributed by atoms with van der Waals surface area (Å²) in [4.78, 5) is 2.60. The lowest BCUT2D eigenvalue weighted by molar-refractivity contribution is 0.250. The van der Waals surface area contributed by atoms with Crippen molar-refractivity contribution in [1.29, 1.82) is 0 Å². The van der Waals surface area contributed by atoms with Gasteiger partial charge in [-0.2, -0.15) is 0 Å². The van der Waals surface area contributed by atoms with Gasteiger partial charge in [-0.25, -0.2) is 0 Å². The van der Waals surface area contributed by atoms with Crippen molar-refractivity contribution in [2.75, 3.05) is 20.1 Å². The quantitative estimate of drug-likeness (QED) is 0.833. The average Bonchev–Trinajstić information content (AvgIpc) is 2.70. The van der Waals surface area contributed by atoms with Gasteiger partial charge in [0.15, 0.2) is 0 Å². The Morgan fingerprint density at radius 2 is 2.20 bits per heavy atom. The van der Waals surface area contributed by atoms with Crippen LogP contribution in [0.2, 0.25) is 5.02 Å². The first-order valence-corrected chi connectivity index (χ1v) is 8.54. The molecule has 1 aromatic rings. The van der Waals surface area contributed by atoms with Crippen molar-refractivity contribution in [2.24, 2.45) is 5.92 Å². The third kappa shape index (κ3) is 3.97. The number of likely N-dealkylation sites (tertiary alicyclic amines) is 1. The summed E-state index contributed by atoms with van der Waals surface area (Å²) in [7, 11) is 2.01. The molecule has 4 heteroatoms. The second-order valence-corrected chi connectivity index (χ2v) is 7.30. The predicted octanol–water partition coefficient (Wildman–Crippen LogP) is 4.48. The zero-order valence-electron chi connectivity index (χ0n) is 12.5. The fraction of sp³-hybridized carbons (Fsp3) is 0.625. The first-order valence-electron chi connectivity index (χ1n) is 7.37. The topological polar surface area (TPSA) is 15.3 Å². The Morgan fingerprint density at radius 1 is 1.45 bits per heavy atom. The minimum atomic E-state index is 0.318. The Kier molecular flexibility index (Phi) is 5.91. The van der Waals surface area contributed by atoms with Crippen molar-refractivity contribution >= 4 is 27.5 Å². The minimum Gasteiger partial charge on any atom is -0.313 e.